The lowest BCUT2D eigenvalue weighted by Gasteiger charge is -2.27. The average Bonchev–Trinajstić information content (AvgIpc) is 2.23. The molecule has 0 aliphatic heterocycles. The van der Waals surface area contributed by atoms with Crippen LogP contribution in [0.1, 0.15) is 26.3 Å². The number of sulfonamides is 1. The Kier molecular flexibility index (Phi) is 5.17. The Hall–Kier alpha value is -0.430. The van der Waals surface area contributed by atoms with E-state index in [1.165, 1.54) is 4.31 Å². The first-order chi connectivity index (χ1) is 8.58. The summed E-state index contributed by atoms with van der Waals surface area (Å²) in [4.78, 5) is 0.226. The van der Waals surface area contributed by atoms with E-state index in [9.17, 15) is 13.5 Å². The molecule has 1 N–H and O–H groups in total. The maximum atomic E-state index is 12.6. The molecule has 19 heavy (non-hydrogen) atoms. The van der Waals surface area contributed by atoms with Gasteiger partial charge in [-0.15, -0.1) is 0 Å². The molecule has 1 aromatic carbocycles. The minimum Gasteiger partial charge on any atom is -0.389 e. The summed E-state index contributed by atoms with van der Waals surface area (Å²) in [5.74, 6) is 0. The van der Waals surface area contributed by atoms with Gasteiger partial charge in [0.25, 0.3) is 0 Å². The van der Waals surface area contributed by atoms with Crippen molar-refractivity contribution in [2.24, 2.45) is 0 Å². The molecule has 108 valence electrons. The van der Waals surface area contributed by atoms with Gasteiger partial charge < -0.3 is 5.11 Å². The van der Waals surface area contributed by atoms with E-state index in [-0.39, 0.29) is 11.4 Å². The van der Waals surface area contributed by atoms with E-state index in [4.69, 9.17) is 0 Å². The van der Waals surface area contributed by atoms with Gasteiger partial charge in [-0.3, -0.25) is 0 Å². The third-order valence-electron chi connectivity index (χ3n) is 2.62. The molecule has 0 aliphatic carbocycles. The number of aryl methyl sites for hydroxylation is 1. The molecular formula is C13H20BrNO3S. The van der Waals surface area contributed by atoms with Gasteiger partial charge in [0.1, 0.15) is 0 Å². The van der Waals surface area contributed by atoms with Crippen LogP contribution < -0.4 is 0 Å². The van der Waals surface area contributed by atoms with Gasteiger partial charge in [0.2, 0.25) is 10.0 Å². The monoisotopic (exact) mass is 349 g/mol. The summed E-state index contributed by atoms with van der Waals surface area (Å²) < 4.78 is 26.9. The maximum Gasteiger partial charge on any atom is 0.244 e. The van der Waals surface area contributed by atoms with E-state index in [1.54, 1.807) is 39.0 Å². The number of rotatable bonds is 5. The largest absolute Gasteiger partial charge is 0.389 e. The molecule has 0 amide bonds. The fourth-order valence-electron chi connectivity index (χ4n) is 1.75. The van der Waals surface area contributed by atoms with Crippen LogP contribution >= 0.6 is 15.9 Å². The van der Waals surface area contributed by atoms with Crippen LogP contribution in [0, 0.1) is 6.92 Å². The highest BCUT2D eigenvalue weighted by Crippen LogP contribution is 2.26. The third kappa shape index (κ3) is 4.27. The van der Waals surface area contributed by atoms with Gasteiger partial charge in [-0.25, -0.2) is 8.42 Å². The number of hydrogen-bond donors (Lipinski definition) is 1. The standard InChI is InChI=1S/C13H20BrNO3S/c1-5-15(9-13(3,4)16)19(17,18)12-7-6-10(2)8-11(12)14/h6-8,16H,5,9H2,1-4H3. The normalized spacial score (nSPS) is 13.0. The predicted molar refractivity (Wildman–Crippen MR) is 79.6 cm³/mol. The van der Waals surface area contributed by atoms with Crippen molar-refractivity contribution in [3.8, 4) is 0 Å². The molecule has 4 nitrogen and oxygen atoms in total. The highest BCUT2D eigenvalue weighted by atomic mass is 79.9. The lowest BCUT2D eigenvalue weighted by Crippen LogP contribution is -2.42. The molecule has 0 aromatic heterocycles. The van der Waals surface area contributed by atoms with Crippen molar-refractivity contribution >= 4 is 26.0 Å². The molecule has 0 bridgehead atoms. The van der Waals surface area contributed by atoms with Gasteiger partial charge in [-0.1, -0.05) is 13.0 Å². The molecule has 1 rings (SSSR count). The Labute approximate surface area is 123 Å². The van der Waals surface area contributed by atoms with Gasteiger partial charge in [-0.2, -0.15) is 4.31 Å². The van der Waals surface area contributed by atoms with Crippen molar-refractivity contribution in [3.63, 3.8) is 0 Å². The summed E-state index contributed by atoms with van der Waals surface area (Å²) in [5.41, 5.74) is -0.0865. The molecule has 0 saturated carbocycles. The van der Waals surface area contributed by atoms with Crippen molar-refractivity contribution in [1.29, 1.82) is 0 Å². The van der Waals surface area contributed by atoms with Crippen LogP contribution in [-0.4, -0.2) is 36.5 Å². The van der Waals surface area contributed by atoms with Gasteiger partial charge >= 0.3 is 0 Å². The zero-order chi connectivity index (χ0) is 14.8. The summed E-state index contributed by atoms with van der Waals surface area (Å²) in [5, 5.41) is 9.82. The van der Waals surface area contributed by atoms with E-state index >= 15 is 0 Å². The van der Waals surface area contributed by atoms with Crippen LogP contribution in [0.25, 0.3) is 0 Å². The first-order valence-corrected chi connectivity index (χ1v) is 8.30. The molecule has 0 radical (unpaired) electrons. The minimum atomic E-state index is -3.61. The molecular weight excluding hydrogens is 330 g/mol. The number of nitrogens with zero attached hydrogens (tertiary/aromatic N) is 1. The predicted octanol–water partition coefficient (Wildman–Crippen LogP) is 2.54. The van der Waals surface area contributed by atoms with Crippen molar-refractivity contribution < 1.29 is 13.5 Å². The molecule has 0 spiro atoms. The Bertz CT molecular complexity index is 549. The van der Waals surface area contributed by atoms with Crippen LogP contribution in [0.3, 0.4) is 0 Å². The molecule has 0 aliphatic rings. The zero-order valence-electron chi connectivity index (χ0n) is 11.6. The average molecular weight is 350 g/mol. The Balaban J connectivity index is 3.21. The topological polar surface area (TPSA) is 57.6 Å². The minimum absolute atomic E-state index is 0.0617. The van der Waals surface area contributed by atoms with E-state index in [0.29, 0.717) is 11.0 Å². The summed E-state index contributed by atoms with van der Waals surface area (Å²) in [6.07, 6.45) is 0. The Morgan fingerprint density at radius 3 is 2.37 bits per heavy atom. The second kappa shape index (κ2) is 5.91. The second-order valence-electron chi connectivity index (χ2n) is 5.18. The Morgan fingerprint density at radius 2 is 1.95 bits per heavy atom. The second-order valence-corrected chi connectivity index (χ2v) is 7.94. The van der Waals surface area contributed by atoms with Crippen LogP contribution in [-0.2, 0) is 10.0 Å². The zero-order valence-corrected chi connectivity index (χ0v) is 14.0. The summed E-state index contributed by atoms with van der Waals surface area (Å²) in [6.45, 7) is 7.21. The number of likely N-dealkylation sites (N-methyl/N-ethyl adjacent to an activating group) is 1. The Morgan fingerprint density at radius 1 is 1.37 bits per heavy atom. The molecule has 6 heteroatoms. The van der Waals surface area contributed by atoms with Crippen LogP contribution in [0.4, 0.5) is 0 Å². The summed E-state index contributed by atoms with van der Waals surface area (Å²) in [7, 11) is -3.61. The van der Waals surface area contributed by atoms with E-state index < -0.39 is 15.6 Å². The molecule has 0 heterocycles. The summed E-state index contributed by atoms with van der Waals surface area (Å²) in [6, 6.07) is 5.11. The maximum absolute atomic E-state index is 12.6. The lowest BCUT2D eigenvalue weighted by molar-refractivity contribution is 0.0601. The van der Waals surface area contributed by atoms with Crippen LogP contribution in [0.2, 0.25) is 0 Å². The van der Waals surface area contributed by atoms with E-state index in [2.05, 4.69) is 15.9 Å². The number of benzene rings is 1. The quantitative estimate of drug-likeness (QED) is 0.888. The smallest absolute Gasteiger partial charge is 0.244 e. The first kappa shape index (κ1) is 16.6. The number of hydrogen-bond acceptors (Lipinski definition) is 3. The van der Waals surface area contributed by atoms with Crippen LogP contribution in [0.5, 0.6) is 0 Å². The van der Waals surface area contributed by atoms with Crippen molar-refractivity contribution in [1.82, 2.24) is 4.31 Å². The molecule has 0 saturated heterocycles. The van der Waals surface area contributed by atoms with Gasteiger partial charge in [0.05, 0.1) is 10.5 Å². The van der Waals surface area contributed by atoms with Gasteiger partial charge in [-0.05, 0) is 54.4 Å². The van der Waals surface area contributed by atoms with E-state index in [0.717, 1.165) is 5.56 Å². The fraction of sp³-hybridized carbons (Fsp3) is 0.538. The van der Waals surface area contributed by atoms with Crippen molar-refractivity contribution in [2.75, 3.05) is 13.1 Å². The molecule has 0 atom stereocenters. The molecule has 1 aromatic rings. The molecule has 0 unspecified atom stereocenters. The van der Waals surface area contributed by atoms with Gasteiger partial charge in [0.15, 0.2) is 0 Å². The third-order valence-corrected chi connectivity index (χ3v) is 5.52. The fourth-order valence-corrected chi connectivity index (χ4v) is 4.51. The summed E-state index contributed by atoms with van der Waals surface area (Å²) >= 11 is 3.29. The molecule has 0 fully saturated rings. The van der Waals surface area contributed by atoms with Gasteiger partial charge in [0, 0.05) is 17.6 Å². The number of halogens is 1. The highest BCUT2D eigenvalue weighted by molar-refractivity contribution is 9.10. The lowest BCUT2D eigenvalue weighted by atomic mass is 10.1. The van der Waals surface area contributed by atoms with Crippen molar-refractivity contribution in [2.45, 2.75) is 38.2 Å². The highest BCUT2D eigenvalue weighted by Gasteiger charge is 2.29. The van der Waals surface area contributed by atoms with E-state index in [1.807, 2.05) is 6.92 Å². The van der Waals surface area contributed by atoms with Crippen molar-refractivity contribution in [3.05, 3.63) is 28.2 Å². The number of aliphatic hydroxyl groups is 1. The van der Waals surface area contributed by atoms with Crippen LogP contribution in [0.15, 0.2) is 27.6 Å². The first-order valence-electron chi connectivity index (χ1n) is 6.06. The SMILES string of the molecule is CCN(CC(C)(C)O)S(=O)(=O)c1ccc(C)cc1Br.